The summed E-state index contributed by atoms with van der Waals surface area (Å²) in [5.41, 5.74) is -0.449. The van der Waals surface area contributed by atoms with Crippen molar-refractivity contribution in [3.05, 3.63) is 11.6 Å². The highest BCUT2D eigenvalue weighted by molar-refractivity contribution is 5.10. The van der Waals surface area contributed by atoms with Gasteiger partial charge in [-0.25, -0.2) is 0 Å². The number of hydrogen-bond donors (Lipinski definition) is 0. The highest BCUT2D eigenvalue weighted by atomic mass is 19.4. The molecule has 0 amide bonds. The van der Waals surface area contributed by atoms with Gasteiger partial charge in [-0.05, 0) is 25.7 Å². The second-order valence-corrected chi connectivity index (χ2v) is 2.68. The van der Waals surface area contributed by atoms with Crippen molar-refractivity contribution in [2.24, 2.45) is 5.92 Å². The molecule has 0 saturated heterocycles. The lowest BCUT2D eigenvalue weighted by Gasteiger charge is -2.04. The van der Waals surface area contributed by atoms with Crippen LogP contribution in [0.25, 0.3) is 0 Å². The van der Waals surface area contributed by atoms with E-state index in [9.17, 15) is 13.2 Å². The van der Waals surface area contributed by atoms with Crippen molar-refractivity contribution in [2.75, 3.05) is 0 Å². The molecule has 1 fully saturated rings. The SMILES string of the molecule is C/C(=C\C1CC1)C(F)(F)F. The van der Waals surface area contributed by atoms with Crippen LogP contribution in [0.5, 0.6) is 0 Å². The van der Waals surface area contributed by atoms with Gasteiger partial charge in [-0.1, -0.05) is 6.08 Å². The van der Waals surface area contributed by atoms with Crippen LogP contribution in [0.2, 0.25) is 0 Å². The fourth-order valence-corrected chi connectivity index (χ4v) is 0.711. The third kappa shape index (κ3) is 2.05. The van der Waals surface area contributed by atoms with Crippen molar-refractivity contribution in [1.82, 2.24) is 0 Å². The molecule has 0 aromatic carbocycles. The van der Waals surface area contributed by atoms with Gasteiger partial charge in [0.1, 0.15) is 0 Å². The number of allylic oxidation sites excluding steroid dienone is 2. The molecule has 1 saturated carbocycles. The van der Waals surface area contributed by atoms with Crippen molar-refractivity contribution >= 4 is 0 Å². The molecule has 1 aliphatic carbocycles. The summed E-state index contributed by atoms with van der Waals surface area (Å²) in [6, 6.07) is 0. The van der Waals surface area contributed by atoms with Crippen LogP contribution in [0.4, 0.5) is 13.2 Å². The first kappa shape index (κ1) is 7.63. The van der Waals surface area contributed by atoms with E-state index in [1.54, 1.807) is 0 Å². The molecule has 0 nitrogen and oxygen atoms in total. The van der Waals surface area contributed by atoms with E-state index in [0.29, 0.717) is 0 Å². The molecule has 0 radical (unpaired) electrons. The van der Waals surface area contributed by atoms with E-state index < -0.39 is 11.7 Å². The molecular formula is C7H9F3. The summed E-state index contributed by atoms with van der Waals surface area (Å²) < 4.78 is 35.3. The highest BCUT2D eigenvalue weighted by Gasteiger charge is 2.32. The first-order chi connectivity index (χ1) is 4.50. The van der Waals surface area contributed by atoms with Crippen molar-refractivity contribution < 1.29 is 13.2 Å². The molecule has 0 heterocycles. The van der Waals surface area contributed by atoms with Crippen LogP contribution in [0, 0.1) is 5.92 Å². The zero-order valence-electron chi connectivity index (χ0n) is 5.70. The van der Waals surface area contributed by atoms with Gasteiger partial charge in [-0.15, -0.1) is 0 Å². The molecule has 1 rings (SSSR count). The monoisotopic (exact) mass is 150 g/mol. The second kappa shape index (κ2) is 2.29. The Balaban J connectivity index is 2.53. The topological polar surface area (TPSA) is 0 Å². The predicted octanol–water partition coefficient (Wildman–Crippen LogP) is 2.91. The van der Waals surface area contributed by atoms with E-state index >= 15 is 0 Å². The van der Waals surface area contributed by atoms with E-state index in [0.717, 1.165) is 19.8 Å². The minimum atomic E-state index is -4.11. The van der Waals surface area contributed by atoms with Gasteiger partial charge in [0.15, 0.2) is 0 Å². The van der Waals surface area contributed by atoms with Gasteiger partial charge in [0.05, 0.1) is 0 Å². The Bertz CT molecular complexity index is 151. The molecule has 10 heavy (non-hydrogen) atoms. The van der Waals surface area contributed by atoms with E-state index in [1.807, 2.05) is 0 Å². The summed E-state index contributed by atoms with van der Waals surface area (Å²) in [7, 11) is 0. The molecule has 1 aliphatic rings. The molecule has 0 aliphatic heterocycles. The van der Waals surface area contributed by atoms with Gasteiger partial charge in [-0.3, -0.25) is 0 Å². The van der Waals surface area contributed by atoms with Crippen molar-refractivity contribution in [1.29, 1.82) is 0 Å². The van der Waals surface area contributed by atoms with Gasteiger partial charge >= 0.3 is 6.18 Å². The zero-order chi connectivity index (χ0) is 7.78. The van der Waals surface area contributed by atoms with Crippen LogP contribution in [0.1, 0.15) is 19.8 Å². The third-order valence-electron chi connectivity index (χ3n) is 1.55. The van der Waals surface area contributed by atoms with E-state index in [4.69, 9.17) is 0 Å². The average Bonchev–Trinajstić information content (AvgIpc) is 2.47. The van der Waals surface area contributed by atoms with Gasteiger partial charge < -0.3 is 0 Å². The Labute approximate surface area is 57.7 Å². The summed E-state index contributed by atoms with van der Waals surface area (Å²) in [6.45, 7) is 1.12. The highest BCUT2D eigenvalue weighted by Crippen LogP contribution is 2.35. The predicted molar refractivity (Wildman–Crippen MR) is 32.5 cm³/mol. The molecule has 0 spiro atoms. The molecule has 0 unspecified atom stereocenters. The van der Waals surface area contributed by atoms with Gasteiger partial charge in [0.2, 0.25) is 0 Å². The van der Waals surface area contributed by atoms with Gasteiger partial charge in [0.25, 0.3) is 0 Å². The number of hydrogen-bond acceptors (Lipinski definition) is 0. The van der Waals surface area contributed by atoms with E-state index in [2.05, 4.69) is 0 Å². The molecule has 0 atom stereocenters. The van der Waals surface area contributed by atoms with Gasteiger partial charge in [0, 0.05) is 5.57 Å². The molecule has 0 bridgehead atoms. The summed E-state index contributed by atoms with van der Waals surface area (Å²) in [5.74, 6) is 0.210. The van der Waals surface area contributed by atoms with E-state index in [1.165, 1.54) is 6.08 Å². The molecule has 0 N–H and O–H groups in total. The maximum Gasteiger partial charge on any atom is 0.412 e. The zero-order valence-corrected chi connectivity index (χ0v) is 5.70. The molecule has 3 heteroatoms. The fourth-order valence-electron chi connectivity index (χ4n) is 0.711. The van der Waals surface area contributed by atoms with Crippen molar-refractivity contribution in [3.8, 4) is 0 Å². The molecule has 0 aromatic heterocycles. The van der Waals surface area contributed by atoms with Crippen molar-refractivity contribution in [2.45, 2.75) is 25.9 Å². The van der Waals surface area contributed by atoms with Crippen LogP contribution < -0.4 is 0 Å². The Morgan fingerprint density at radius 1 is 1.40 bits per heavy atom. The quantitative estimate of drug-likeness (QED) is 0.504. The molecule has 0 aromatic rings. The summed E-state index contributed by atoms with van der Waals surface area (Å²) in [4.78, 5) is 0. The Kier molecular flexibility index (Phi) is 1.75. The number of halogens is 3. The minimum absolute atomic E-state index is 0.210. The summed E-state index contributed by atoms with van der Waals surface area (Å²) in [5, 5.41) is 0. The Morgan fingerprint density at radius 2 is 1.90 bits per heavy atom. The fraction of sp³-hybridized carbons (Fsp3) is 0.714. The molecule has 58 valence electrons. The largest absolute Gasteiger partial charge is 0.412 e. The maximum absolute atomic E-state index is 11.8. The Hall–Kier alpha value is -0.470. The summed E-state index contributed by atoms with van der Waals surface area (Å²) in [6.07, 6.45) is -0.941. The van der Waals surface area contributed by atoms with Crippen LogP contribution in [0.3, 0.4) is 0 Å². The Morgan fingerprint density at radius 3 is 2.20 bits per heavy atom. The standard InChI is InChI=1S/C7H9F3/c1-5(7(8,9)10)4-6-2-3-6/h4,6H,2-3H2,1H3/b5-4+. The second-order valence-electron chi connectivity index (χ2n) is 2.68. The van der Waals surface area contributed by atoms with E-state index in [-0.39, 0.29) is 5.92 Å². The lowest BCUT2D eigenvalue weighted by Crippen LogP contribution is -2.08. The normalized spacial score (nSPS) is 21.4. The van der Waals surface area contributed by atoms with Crippen LogP contribution in [-0.2, 0) is 0 Å². The maximum atomic E-state index is 11.8. The first-order valence-electron chi connectivity index (χ1n) is 3.26. The smallest absolute Gasteiger partial charge is 0.167 e. The third-order valence-corrected chi connectivity index (χ3v) is 1.55. The average molecular weight is 150 g/mol. The lowest BCUT2D eigenvalue weighted by atomic mass is 10.2. The number of rotatable bonds is 1. The van der Waals surface area contributed by atoms with Crippen LogP contribution >= 0.6 is 0 Å². The summed E-state index contributed by atoms with van der Waals surface area (Å²) >= 11 is 0. The lowest BCUT2D eigenvalue weighted by molar-refractivity contribution is -0.0916. The first-order valence-corrected chi connectivity index (χ1v) is 3.26. The number of alkyl halides is 3. The van der Waals surface area contributed by atoms with Crippen LogP contribution in [0.15, 0.2) is 11.6 Å². The van der Waals surface area contributed by atoms with Crippen molar-refractivity contribution in [3.63, 3.8) is 0 Å². The minimum Gasteiger partial charge on any atom is -0.167 e. The van der Waals surface area contributed by atoms with Crippen LogP contribution in [-0.4, -0.2) is 6.18 Å². The molecular weight excluding hydrogens is 141 g/mol. The van der Waals surface area contributed by atoms with Gasteiger partial charge in [-0.2, -0.15) is 13.2 Å².